The molecule has 4 heteroatoms. The Labute approximate surface area is 123 Å². The van der Waals surface area contributed by atoms with Crippen LogP contribution in [0.2, 0.25) is 0 Å². The van der Waals surface area contributed by atoms with Crippen molar-refractivity contribution in [2.45, 2.75) is 52.2 Å². The molecule has 1 heterocycles. The van der Waals surface area contributed by atoms with Crippen LogP contribution in [-0.4, -0.2) is 59.6 Å². The van der Waals surface area contributed by atoms with E-state index in [1.807, 2.05) is 23.8 Å². The van der Waals surface area contributed by atoms with E-state index in [-0.39, 0.29) is 18.1 Å². The summed E-state index contributed by atoms with van der Waals surface area (Å²) in [4.78, 5) is 16.6. The van der Waals surface area contributed by atoms with E-state index >= 15 is 0 Å². The van der Waals surface area contributed by atoms with Gasteiger partial charge in [-0.25, -0.2) is 0 Å². The van der Waals surface area contributed by atoms with Crippen LogP contribution < -0.4 is 0 Å². The molecule has 1 N–H and O–H groups in total. The molecular weight excluding hydrogens is 252 g/mol. The fourth-order valence-corrected chi connectivity index (χ4v) is 3.38. The van der Waals surface area contributed by atoms with Crippen molar-refractivity contribution in [2.75, 3.05) is 26.7 Å². The van der Waals surface area contributed by atoms with Crippen LogP contribution in [0.4, 0.5) is 0 Å². The zero-order valence-corrected chi connectivity index (χ0v) is 13.4. The van der Waals surface area contributed by atoms with Crippen LogP contribution in [0.15, 0.2) is 0 Å². The van der Waals surface area contributed by atoms with Crippen molar-refractivity contribution < 1.29 is 9.90 Å². The molecule has 20 heavy (non-hydrogen) atoms. The molecule has 1 amide bonds. The average molecular weight is 282 g/mol. The van der Waals surface area contributed by atoms with Crippen LogP contribution in [0.5, 0.6) is 0 Å². The van der Waals surface area contributed by atoms with E-state index in [2.05, 4.69) is 13.8 Å². The summed E-state index contributed by atoms with van der Waals surface area (Å²) in [7, 11) is 1.95. The van der Waals surface area contributed by atoms with Gasteiger partial charge in [0.1, 0.15) is 0 Å². The largest absolute Gasteiger partial charge is 0.392 e. The highest BCUT2D eigenvalue weighted by molar-refractivity contribution is 5.81. The molecule has 2 rings (SSSR count). The number of amides is 1. The van der Waals surface area contributed by atoms with Gasteiger partial charge in [-0.1, -0.05) is 13.8 Å². The van der Waals surface area contributed by atoms with E-state index in [0.29, 0.717) is 24.3 Å². The predicted molar refractivity (Wildman–Crippen MR) is 80.3 cm³/mol. The number of hydrogen-bond acceptors (Lipinski definition) is 3. The maximum Gasteiger partial charge on any atom is 0.239 e. The van der Waals surface area contributed by atoms with Gasteiger partial charge in [0.15, 0.2) is 0 Å². The van der Waals surface area contributed by atoms with Crippen LogP contribution in [0.25, 0.3) is 0 Å². The third-order valence-electron chi connectivity index (χ3n) is 4.84. The van der Waals surface area contributed by atoms with E-state index in [9.17, 15) is 9.90 Å². The number of piperidine rings is 1. The lowest BCUT2D eigenvalue weighted by Crippen LogP contribution is -2.51. The van der Waals surface area contributed by atoms with Crippen molar-refractivity contribution in [1.29, 1.82) is 0 Å². The van der Waals surface area contributed by atoms with Gasteiger partial charge in [0.05, 0.1) is 12.1 Å². The number of hydrogen-bond donors (Lipinski definition) is 1. The Morgan fingerprint density at radius 2 is 1.85 bits per heavy atom. The molecular formula is C16H30N2O2. The van der Waals surface area contributed by atoms with E-state index in [1.54, 1.807) is 0 Å². The van der Waals surface area contributed by atoms with E-state index in [0.717, 1.165) is 25.9 Å². The fraction of sp³-hybridized carbons (Fsp3) is 0.938. The van der Waals surface area contributed by atoms with E-state index < -0.39 is 0 Å². The molecule has 4 unspecified atom stereocenters. The molecule has 0 aromatic carbocycles. The van der Waals surface area contributed by atoms with Crippen LogP contribution in [-0.2, 0) is 4.79 Å². The summed E-state index contributed by atoms with van der Waals surface area (Å²) >= 11 is 0. The number of carbonyl (C=O) groups excluding carboxylic acids is 1. The molecule has 0 spiro atoms. The molecule has 1 aliphatic carbocycles. The lowest BCUT2D eigenvalue weighted by molar-refractivity contribution is -0.139. The van der Waals surface area contributed by atoms with Gasteiger partial charge in [-0.15, -0.1) is 0 Å². The predicted octanol–water partition coefficient (Wildman–Crippen LogP) is 1.58. The molecule has 4 atom stereocenters. The van der Waals surface area contributed by atoms with Crippen LogP contribution in [0.1, 0.15) is 40.0 Å². The van der Waals surface area contributed by atoms with Crippen molar-refractivity contribution >= 4 is 5.91 Å². The Morgan fingerprint density at radius 3 is 2.35 bits per heavy atom. The highest BCUT2D eigenvalue weighted by atomic mass is 16.3. The van der Waals surface area contributed by atoms with Crippen molar-refractivity contribution in [3.63, 3.8) is 0 Å². The molecule has 2 aliphatic rings. The third kappa shape index (κ3) is 3.95. The van der Waals surface area contributed by atoms with Crippen LogP contribution in [0.3, 0.4) is 0 Å². The van der Waals surface area contributed by atoms with Gasteiger partial charge in [0.25, 0.3) is 0 Å². The third-order valence-corrected chi connectivity index (χ3v) is 4.84. The number of rotatable bonds is 5. The SMILES string of the molecule is CC1CC(C)CN(C(=O)C(C)N(C)CC(O)C2CC2)C1. The smallest absolute Gasteiger partial charge is 0.239 e. The summed E-state index contributed by atoms with van der Waals surface area (Å²) in [5.74, 6) is 1.87. The number of aliphatic hydroxyl groups excluding tert-OH is 1. The lowest BCUT2D eigenvalue weighted by atomic mass is 9.91. The Morgan fingerprint density at radius 1 is 1.30 bits per heavy atom. The number of likely N-dealkylation sites (N-methyl/N-ethyl adjacent to an activating group) is 1. The summed E-state index contributed by atoms with van der Waals surface area (Å²) in [6.45, 7) is 8.78. The maximum absolute atomic E-state index is 12.6. The minimum Gasteiger partial charge on any atom is -0.392 e. The highest BCUT2D eigenvalue weighted by Crippen LogP contribution is 2.33. The van der Waals surface area contributed by atoms with Crippen molar-refractivity contribution in [3.8, 4) is 0 Å². The average Bonchev–Trinajstić information content (AvgIpc) is 3.19. The summed E-state index contributed by atoms with van der Waals surface area (Å²) in [6, 6.07) is -0.138. The topological polar surface area (TPSA) is 43.8 Å². The summed E-state index contributed by atoms with van der Waals surface area (Å²) in [6.07, 6.45) is 3.22. The van der Waals surface area contributed by atoms with Crippen LogP contribution >= 0.6 is 0 Å². The first kappa shape index (κ1) is 15.8. The molecule has 1 saturated heterocycles. The first-order chi connectivity index (χ1) is 9.38. The monoisotopic (exact) mass is 282 g/mol. The summed E-state index contributed by atoms with van der Waals surface area (Å²) < 4.78 is 0. The maximum atomic E-state index is 12.6. The molecule has 0 radical (unpaired) electrons. The van der Waals surface area contributed by atoms with Gasteiger partial charge in [-0.2, -0.15) is 0 Å². The van der Waals surface area contributed by atoms with E-state index in [1.165, 1.54) is 6.42 Å². The number of likely N-dealkylation sites (tertiary alicyclic amines) is 1. The van der Waals surface area contributed by atoms with Crippen LogP contribution in [0, 0.1) is 17.8 Å². The van der Waals surface area contributed by atoms with Gasteiger partial charge in [0.2, 0.25) is 5.91 Å². The van der Waals surface area contributed by atoms with Gasteiger partial charge in [-0.3, -0.25) is 9.69 Å². The number of aliphatic hydroxyl groups is 1. The zero-order chi connectivity index (χ0) is 14.9. The number of carbonyl (C=O) groups is 1. The van der Waals surface area contributed by atoms with Gasteiger partial charge in [0, 0.05) is 19.6 Å². The second kappa shape index (κ2) is 6.44. The Hall–Kier alpha value is -0.610. The Balaban J connectivity index is 1.86. The minimum absolute atomic E-state index is 0.138. The van der Waals surface area contributed by atoms with Gasteiger partial charge < -0.3 is 10.0 Å². The van der Waals surface area contributed by atoms with Crippen molar-refractivity contribution in [1.82, 2.24) is 9.80 Å². The molecule has 1 aliphatic heterocycles. The van der Waals surface area contributed by atoms with Gasteiger partial charge in [-0.05, 0) is 51.0 Å². The highest BCUT2D eigenvalue weighted by Gasteiger charge is 2.34. The second-order valence-corrected chi connectivity index (χ2v) is 7.21. The molecule has 0 bridgehead atoms. The first-order valence-electron chi connectivity index (χ1n) is 8.05. The summed E-state index contributed by atoms with van der Waals surface area (Å²) in [5, 5.41) is 10.0. The lowest BCUT2D eigenvalue weighted by Gasteiger charge is -2.38. The minimum atomic E-state index is -0.269. The Bertz CT molecular complexity index is 333. The normalized spacial score (nSPS) is 30.4. The summed E-state index contributed by atoms with van der Waals surface area (Å²) in [5.41, 5.74) is 0. The molecule has 4 nitrogen and oxygen atoms in total. The first-order valence-corrected chi connectivity index (χ1v) is 8.05. The Kier molecular flexibility index (Phi) is 5.08. The molecule has 0 aromatic rings. The fourth-order valence-electron chi connectivity index (χ4n) is 3.38. The van der Waals surface area contributed by atoms with Crippen molar-refractivity contribution in [3.05, 3.63) is 0 Å². The molecule has 1 saturated carbocycles. The van der Waals surface area contributed by atoms with Gasteiger partial charge >= 0.3 is 0 Å². The van der Waals surface area contributed by atoms with Crippen molar-refractivity contribution in [2.24, 2.45) is 17.8 Å². The molecule has 2 fully saturated rings. The van der Waals surface area contributed by atoms with E-state index in [4.69, 9.17) is 0 Å². The quantitative estimate of drug-likeness (QED) is 0.832. The molecule has 116 valence electrons. The molecule has 0 aromatic heterocycles. The number of nitrogens with zero attached hydrogens (tertiary/aromatic N) is 2. The second-order valence-electron chi connectivity index (χ2n) is 7.21. The zero-order valence-electron chi connectivity index (χ0n) is 13.4. The standard InChI is InChI=1S/C16H30N2O2/c1-11-7-12(2)9-18(8-11)16(20)13(3)17(4)10-15(19)14-5-6-14/h11-15,19H,5-10H2,1-4H3.